The first-order valence-electron chi connectivity index (χ1n) is 6.90. The monoisotopic (exact) mass is 365 g/mol. The van der Waals surface area contributed by atoms with E-state index in [9.17, 15) is 14.7 Å². The predicted octanol–water partition coefficient (Wildman–Crippen LogP) is 2.71. The zero-order valence-corrected chi connectivity index (χ0v) is 14.2. The number of carboxylic acid groups (broad SMARTS) is 1. The summed E-state index contributed by atoms with van der Waals surface area (Å²) in [5, 5.41) is 22.9. The molecule has 1 amide bonds. The van der Waals surface area contributed by atoms with Gasteiger partial charge in [-0.05, 0) is 19.9 Å². The van der Waals surface area contributed by atoms with E-state index >= 15 is 0 Å². The van der Waals surface area contributed by atoms with E-state index in [4.69, 9.17) is 16.7 Å². The Hall–Kier alpha value is -2.45. The number of aromatic nitrogens is 2. The van der Waals surface area contributed by atoms with Gasteiger partial charge in [-0.1, -0.05) is 11.6 Å². The Balaban J connectivity index is 2.18. The van der Waals surface area contributed by atoms with Crippen LogP contribution in [0.2, 0.25) is 5.15 Å². The molecule has 0 unspecified atom stereocenters. The average molecular weight is 366 g/mol. The van der Waals surface area contributed by atoms with Gasteiger partial charge in [-0.15, -0.1) is 11.3 Å². The van der Waals surface area contributed by atoms with Gasteiger partial charge in [0.15, 0.2) is 11.4 Å². The molecule has 3 aromatic rings. The predicted molar refractivity (Wildman–Crippen MR) is 90.9 cm³/mol. The average Bonchev–Trinajstić information content (AvgIpc) is 2.89. The van der Waals surface area contributed by atoms with Crippen LogP contribution < -0.4 is 5.32 Å². The molecule has 124 valence electrons. The molecule has 0 aliphatic rings. The molecule has 0 saturated carbocycles. The van der Waals surface area contributed by atoms with Crippen LogP contribution in [0.25, 0.3) is 20.2 Å². The Morgan fingerprint density at radius 1 is 1.42 bits per heavy atom. The van der Waals surface area contributed by atoms with Gasteiger partial charge in [-0.3, -0.25) is 14.6 Å². The number of hydrogen-bond acceptors (Lipinski definition) is 6. The van der Waals surface area contributed by atoms with Crippen molar-refractivity contribution in [1.29, 1.82) is 0 Å². The Labute approximate surface area is 144 Å². The van der Waals surface area contributed by atoms with Crippen molar-refractivity contribution < 1.29 is 19.8 Å². The minimum absolute atomic E-state index is 0.0628. The summed E-state index contributed by atoms with van der Waals surface area (Å²) in [7, 11) is 0. The first-order chi connectivity index (χ1) is 11.3. The van der Waals surface area contributed by atoms with E-state index in [0.717, 1.165) is 15.8 Å². The Kier molecular flexibility index (Phi) is 4.02. The topological polar surface area (TPSA) is 112 Å². The van der Waals surface area contributed by atoms with Gasteiger partial charge >= 0.3 is 5.97 Å². The number of nitrogens with zero attached hydrogens (tertiary/aromatic N) is 2. The Morgan fingerprint density at radius 2 is 2.12 bits per heavy atom. The number of aliphatic carboxylic acids is 1. The minimum Gasteiger partial charge on any atom is -0.504 e. The van der Waals surface area contributed by atoms with Gasteiger partial charge in [0.1, 0.15) is 11.2 Å². The van der Waals surface area contributed by atoms with Crippen molar-refractivity contribution in [2.45, 2.75) is 19.9 Å². The number of pyridine rings is 2. The van der Waals surface area contributed by atoms with E-state index in [1.807, 2.05) is 13.0 Å². The fourth-order valence-electron chi connectivity index (χ4n) is 2.28. The van der Waals surface area contributed by atoms with E-state index in [0.29, 0.717) is 10.1 Å². The molecule has 7 nitrogen and oxygen atoms in total. The summed E-state index contributed by atoms with van der Waals surface area (Å²) in [6.45, 7) is 3.14. The Bertz CT molecular complexity index is 1000. The highest BCUT2D eigenvalue weighted by atomic mass is 35.5. The molecule has 0 fully saturated rings. The molecule has 3 heterocycles. The fraction of sp³-hybridized carbons (Fsp3) is 0.200. The van der Waals surface area contributed by atoms with Crippen LogP contribution >= 0.6 is 22.9 Å². The molecule has 0 aliphatic heterocycles. The standard InChI is InChI=1S/C15H12ClN3O4S/c1-5-3-7-8(4-17-5)24-12-9(7)13(16)19-10(11(12)20)14(21)18-6(2)15(22)23/h3-4,6,20H,1-2H3,(H,18,21)(H,22,23)/t6-/m0/s1. The highest BCUT2D eigenvalue weighted by molar-refractivity contribution is 7.26. The van der Waals surface area contributed by atoms with Crippen LogP contribution in [-0.4, -0.2) is 38.1 Å². The van der Waals surface area contributed by atoms with E-state index in [2.05, 4.69) is 15.3 Å². The van der Waals surface area contributed by atoms with Gasteiger partial charge in [0.2, 0.25) is 0 Å². The van der Waals surface area contributed by atoms with Crippen LogP contribution in [0, 0.1) is 6.92 Å². The molecular formula is C15H12ClN3O4S. The summed E-state index contributed by atoms with van der Waals surface area (Å²) in [6, 6.07) is 0.704. The van der Waals surface area contributed by atoms with Gasteiger partial charge in [0.25, 0.3) is 5.91 Å². The number of rotatable bonds is 3. The smallest absolute Gasteiger partial charge is 0.325 e. The number of aryl methyl sites for hydroxylation is 1. The van der Waals surface area contributed by atoms with Crippen molar-refractivity contribution in [2.24, 2.45) is 0 Å². The molecule has 0 saturated heterocycles. The molecule has 9 heteroatoms. The van der Waals surface area contributed by atoms with Gasteiger partial charge in [-0.25, -0.2) is 4.98 Å². The SMILES string of the molecule is Cc1cc2c(cn1)sc1c(O)c(C(=O)N[C@@H](C)C(=O)O)nc(Cl)c12. The highest BCUT2D eigenvalue weighted by Gasteiger charge is 2.24. The second-order valence-electron chi connectivity index (χ2n) is 5.26. The second kappa shape index (κ2) is 5.88. The molecule has 24 heavy (non-hydrogen) atoms. The number of carbonyl (C=O) groups excluding carboxylic acids is 1. The molecule has 0 radical (unpaired) electrons. The lowest BCUT2D eigenvalue weighted by molar-refractivity contribution is -0.138. The van der Waals surface area contributed by atoms with Crippen LogP contribution in [0.1, 0.15) is 23.1 Å². The van der Waals surface area contributed by atoms with Gasteiger partial charge in [-0.2, -0.15) is 0 Å². The lowest BCUT2D eigenvalue weighted by Gasteiger charge is -2.10. The third-order valence-corrected chi connectivity index (χ3v) is 4.92. The van der Waals surface area contributed by atoms with Crippen molar-refractivity contribution in [2.75, 3.05) is 0 Å². The third kappa shape index (κ3) is 2.63. The van der Waals surface area contributed by atoms with Crippen molar-refractivity contribution in [3.8, 4) is 5.75 Å². The summed E-state index contributed by atoms with van der Waals surface area (Å²) in [5.41, 5.74) is 0.478. The molecular weight excluding hydrogens is 354 g/mol. The molecule has 1 atom stereocenters. The summed E-state index contributed by atoms with van der Waals surface area (Å²) in [5.74, 6) is -2.33. The number of halogens is 1. The lowest BCUT2D eigenvalue weighted by atomic mass is 10.1. The van der Waals surface area contributed by atoms with Crippen molar-refractivity contribution in [3.63, 3.8) is 0 Å². The normalized spacial score (nSPS) is 12.5. The number of aromatic hydroxyl groups is 1. The molecule has 3 rings (SSSR count). The number of thiophene rings is 1. The van der Waals surface area contributed by atoms with Crippen LogP contribution in [0.3, 0.4) is 0 Å². The molecule has 0 aromatic carbocycles. The molecule has 0 aliphatic carbocycles. The second-order valence-corrected chi connectivity index (χ2v) is 6.67. The van der Waals surface area contributed by atoms with Crippen molar-refractivity contribution >= 4 is 55.0 Å². The third-order valence-electron chi connectivity index (χ3n) is 3.50. The molecule has 3 N–H and O–H groups in total. The maximum absolute atomic E-state index is 12.2. The first-order valence-corrected chi connectivity index (χ1v) is 8.10. The van der Waals surface area contributed by atoms with Crippen LogP contribution in [0.15, 0.2) is 12.3 Å². The van der Waals surface area contributed by atoms with E-state index in [1.165, 1.54) is 18.3 Å². The summed E-state index contributed by atoms with van der Waals surface area (Å²) < 4.78 is 1.21. The number of hydrogen-bond donors (Lipinski definition) is 3. The van der Waals surface area contributed by atoms with Crippen LogP contribution in [0.4, 0.5) is 0 Å². The summed E-state index contributed by atoms with van der Waals surface area (Å²) in [4.78, 5) is 31.2. The van der Waals surface area contributed by atoms with Crippen LogP contribution in [0.5, 0.6) is 5.75 Å². The maximum atomic E-state index is 12.2. The van der Waals surface area contributed by atoms with E-state index in [1.54, 1.807) is 6.20 Å². The number of carbonyl (C=O) groups is 2. The lowest BCUT2D eigenvalue weighted by Crippen LogP contribution is -2.38. The van der Waals surface area contributed by atoms with E-state index < -0.39 is 17.9 Å². The zero-order valence-electron chi connectivity index (χ0n) is 12.6. The number of amides is 1. The fourth-order valence-corrected chi connectivity index (χ4v) is 3.71. The quantitative estimate of drug-likeness (QED) is 0.615. The van der Waals surface area contributed by atoms with Gasteiger partial charge in [0.05, 0.1) is 9.40 Å². The zero-order chi connectivity index (χ0) is 17.6. The van der Waals surface area contributed by atoms with Gasteiger partial charge in [0, 0.05) is 22.7 Å². The highest BCUT2D eigenvalue weighted by Crippen LogP contribution is 2.42. The van der Waals surface area contributed by atoms with Crippen LogP contribution in [-0.2, 0) is 4.79 Å². The van der Waals surface area contributed by atoms with Crippen molar-refractivity contribution in [3.05, 3.63) is 28.8 Å². The van der Waals surface area contributed by atoms with E-state index in [-0.39, 0.29) is 16.6 Å². The summed E-state index contributed by atoms with van der Waals surface area (Å²) in [6.07, 6.45) is 1.66. The molecule has 0 bridgehead atoms. The minimum atomic E-state index is -1.20. The largest absolute Gasteiger partial charge is 0.504 e. The Morgan fingerprint density at radius 3 is 2.79 bits per heavy atom. The summed E-state index contributed by atoms with van der Waals surface area (Å²) >= 11 is 7.45. The molecule has 3 aromatic heterocycles. The molecule has 0 spiro atoms. The maximum Gasteiger partial charge on any atom is 0.325 e. The van der Waals surface area contributed by atoms with Gasteiger partial charge < -0.3 is 15.5 Å². The number of carboxylic acids is 1. The number of fused-ring (bicyclic) bond motifs is 3. The van der Waals surface area contributed by atoms with Crippen molar-refractivity contribution in [1.82, 2.24) is 15.3 Å². The number of nitrogens with one attached hydrogen (secondary N) is 1. The first kappa shape index (κ1) is 16.4.